The number of nitrogens with zero attached hydrogens (tertiary/aromatic N) is 1. The van der Waals surface area contributed by atoms with E-state index in [4.69, 9.17) is 4.74 Å². The number of rotatable bonds is 8. The van der Waals surface area contributed by atoms with Gasteiger partial charge in [-0.2, -0.15) is 0 Å². The van der Waals surface area contributed by atoms with Crippen LogP contribution in [0.2, 0.25) is 0 Å². The number of nitrogens with one attached hydrogen (secondary N) is 2. The summed E-state index contributed by atoms with van der Waals surface area (Å²) in [5, 5.41) is 2.75. The molecule has 1 aromatic heterocycles. The molecule has 0 unspecified atom stereocenters. The maximum atomic E-state index is 12.4. The van der Waals surface area contributed by atoms with Crippen molar-refractivity contribution in [3.8, 4) is 5.75 Å². The van der Waals surface area contributed by atoms with Crippen LogP contribution in [0.1, 0.15) is 31.2 Å². The van der Waals surface area contributed by atoms with Crippen molar-refractivity contribution in [2.24, 2.45) is 0 Å². The molecule has 1 aliphatic carbocycles. The number of aromatic nitrogens is 1. The summed E-state index contributed by atoms with van der Waals surface area (Å²) in [6.07, 6.45) is 7.21. The highest BCUT2D eigenvalue weighted by molar-refractivity contribution is 7.89. The number of amides is 1. The topological polar surface area (TPSA) is 97.4 Å². The number of hydrogen-bond donors (Lipinski definition) is 2. The third-order valence-electron chi connectivity index (χ3n) is 4.42. The third kappa shape index (κ3) is 5.77. The minimum absolute atomic E-state index is 0.0232. The van der Waals surface area contributed by atoms with E-state index >= 15 is 0 Å². The van der Waals surface area contributed by atoms with Crippen molar-refractivity contribution >= 4 is 15.9 Å². The summed E-state index contributed by atoms with van der Waals surface area (Å²) in [4.78, 5) is 16.0. The van der Waals surface area contributed by atoms with Gasteiger partial charge in [0.2, 0.25) is 10.0 Å². The lowest BCUT2D eigenvalue weighted by atomic mass is 10.3. The zero-order chi connectivity index (χ0) is 19.1. The minimum atomic E-state index is -3.52. The fourth-order valence-electron chi connectivity index (χ4n) is 2.95. The summed E-state index contributed by atoms with van der Waals surface area (Å²) < 4.78 is 32.9. The van der Waals surface area contributed by atoms with Gasteiger partial charge in [0, 0.05) is 25.0 Å². The van der Waals surface area contributed by atoms with E-state index in [1.165, 1.54) is 12.1 Å². The molecule has 0 bridgehead atoms. The Morgan fingerprint density at radius 1 is 1.07 bits per heavy atom. The summed E-state index contributed by atoms with van der Waals surface area (Å²) in [6, 6.07) is 9.75. The molecule has 0 atom stereocenters. The van der Waals surface area contributed by atoms with E-state index in [0.717, 1.165) is 31.2 Å². The van der Waals surface area contributed by atoms with Gasteiger partial charge in [0.1, 0.15) is 5.75 Å². The SMILES string of the molecule is O=C(COc1ccc(S(=O)(=O)NC2CCCC2)cc1)NCc1ccncc1. The molecule has 27 heavy (non-hydrogen) atoms. The normalized spacial score (nSPS) is 14.8. The van der Waals surface area contributed by atoms with Crippen molar-refractivity contribution in [3.63, 3.8) is 0 Å². The Bertz CT molecular complexity index is 848. The lowest BCUT2D eigenvalue weighted by Crippen LogP contribution is -2.32. The average Bonchev–Trinajstić information content (AvgIpc) is 3.18. The number of ether oxygens (including phenoxy) is 1. The van der Waals surface area contributed by atoms with Crippen LogP contribution >= 0.6 is 0 Å². The number of sulfonamides is 1. The average molecular weight is 389 g/mol. The second-order valence-electron chi connectivity index (χ2n) is 6.49. The van der Waals surface area contributed by atoms with Crippen LogP contribution in [-0.2, 0) is 21.4 Å². The van der Waals surface area contributed by atoms with Gasteiger partial charge in [-0.3, -0.25) is 9.78 Å². The zero-order valence-electron chi connectivity index (χ0n) is 14.9. The number of carbonyl (C=O) groups is 1. The summed E-state index contributed by atoms with van der Waals surface area (Å²) in [5.74, 6) is 0.181. The predicted molar refractivity (Wildman–Crippen MR) is 101 cm³/mol. The van der Waals surface area contributed by atoms with E-state index < -0.39 is 10.0 Å². The Labute approximate surface area is 159 Å². The van der Waals surface area contributed by atoms with E-state index in [1.807, 2.05) is 12.1 Å². The first kappa shape index (κ1) is 19.3. The first-order chi connectivity index (χ1) is 13.0. The van der Waals surface area contributed by atoms with Crippen molar-refractivity contribution in [1.29, 1.82) is 0 Å². The fraction of sp³-hybridized carbons (Fsp3) is 0.368. The molecule has 1 saturated carbocycles. The first-order valence-corrected chi connectivity index (χ1v) is 10.4. The molecule has 0 aliphatic heterocycles. The van der Waals surface area contributed by atoms with Gasteiger partial charge in [-0.15, -0.1) is 0 Å². The van der Waals surface area contributed by atoms with E-state index in [0.29, 0.717) is 12.3 Å². The van der Waals surface area contributed by atoms with Crippen LogP contribution < -0.4 is 14.8 Å². The van der Waals surface area contributed by atoms with Crippen molar-refractivity contribution in [2.75, 3.05) is 6.61 Å². The van der Waals surface area contributed by atoms with Crippen LogP contribution in [0, 0.1) is 0 Å². The van der Waals surface area contributed by atoms with Crippen molar-refractivity contribution in [1.82, 2.24) is 15.0 Å². The molecule has 2 aromatic rings. The highest BCUT2D eigenvalue weighted by Gasteiger charge is 2.22. The molecule has 3 rings (SSSR count). The van der Waals surface area contributed by atoms with Crippen molar-refractivity contribution < 1.29 is 17.9 Å². The molecular formula is C19H23N3O4S. The molecule has 0 radical (unpaired) electrons. The standard InChI is InChI=1S/C19H23N3O4S/c23-19(21-13-15-9-11-20-12-10-15)14-26-17-5-7-18(8-6-17)27(24,25)22-16-3-1-2-4-16/h5-12,16,22H,1-4,13-14H2,(H,21,23). The molecule has 1 fully saturated rings. The molecule has 2 N–H and O–H groups in total. The van der Waals surface area contributed by atoms with Gasteiger partial charge in [-0.1, -0.05) is 12.8 Å². The zero-order valence-corrected chi connectivity index (χ0v) is 15.7. The van der Waals surface area contributed by atoms with Crippen LogP contribution in [0.15, 0.2) is 53.7 Å². The van der Waals surface area contributed by atoms with Crippen molar-refractivity contribution in [2.45, 2.75) is 43.2 Å². The lowest BCUT2D eigenvalue weighted by molar-refractivity contribution is -0.123. The van der Waals surface area contributed by atoms with E-state index in [-0.39, 0.29) is 23.5 Å². The third-order valence-corrected chi connectivity index (χ3v) is 5.96. The van der Waals surface area contributed by atoms with Crippen LogP contribution in [0.5, 0.6) is 5.75 Å². The van der Waals surface area contributed by atoms with Gasteiger partial charge in [0.25, 0.3) is 5.91 Å². The van der Waals surface area contributed by atoms with Crippen LogP contribution in [0.4, 0.5) is 0 Å². The van der Waals surface area contributed by atoms with E-state index in [2.05, 4.69) is 15.0 Å². The smallest absolute Gasteiger partial charge is 0.258 e. The Hall–Kier alpha value is -2.45. The molecule has 0 saturated heterocycles. The Morgan fingerprint density at radius 2 is 1.74 bits per heavy atom. The summed E-state index contributed by atoms with van der Waals surface area (Å²) in [7, 11) is -3.52. The number of benzene rings is 1. The Balaban J connectivity index is 1.47. The number of hydrogen-bond acceptors (Lipinski definition) is 5. The van der Waals surface area contributed by atoms with Gasteiger partial charge in [0.05, 0.1) is 4.90 Å². The Morgan fingerprint density at radius 3 is 2.41 bits per heavy atom. The molecule has 8 heteroatoms. The highest BCUT2D eigenvalue weighted by Crippen LogP contribution is 2.21. The predicted octanol–water partition coefficient (Wildman–Crippen LogP) is 2.00. The van der Waals surface area contributed by atoms with E-state index in [1.54, 1.807) is 24.5 Å². The van der Waals surface area contributed by atoms with Crippen molar-refractivity contribution in [3.05, 3.63) is 54.4 Å². The molecule has 0 spiro atoms. The second-order valence-corrected chi connectivity index (χ2v) is 8.21. The molecule has 1 aliphatic rings. The quantitative estimate of drug-likeness (QED) is 0.720. The maximum Gasteiger partial charge on any atom is 0.258 e. The van der Waals surface area contributed by atoms with Crippen LogP contribution in [-0.4, -0.2) is 32.0 Å². The summed E-state index contributed by atoms with van der Waals surface area (Å²) >= 11 is 0. The van der Waals surface area contributed by atoms with Crippen LogP contribution in [0.25, 0.3) is 0 Å². The molecule has 1 heterocycles. The number of pyridine rings is 1. The second kappa shape index (κ2) is 8.96. The highest BCUT2D eigenvalue weighted by atomic mass is 32.2. The summed E-state index contributed by atoms with van der Waals surface area (Å²) in [5.41, 5.74) is 0.947. The van der Waals surface area contributed by atoms with Gasteiger partial charge < -0.3 is 10.1 Å². The molecule has 144 valence electrons. The van der Waals surface area contributed by atoms with Gasteiger partial charge in [-0.05, 0) is 54.8 Å². The Kier molecular flexibility index (Phi) is 6.41. The van der Waals surface area contributed by atoms with Crippen LogP contribution in [0.3, 0.4) is 0 Å². The van der Waals surface area contributed by atoms with Gasteiger partial charge in [-0.25, -0.2) is 13.1 Å². The molecule has 7 nitrogen and oxygen atoms in total. The maximum absolute atomic E-state index is 12.4. The first-order valence-electron chi connectivity index (χ1n) is 8.94. The van der Waals surface area contributed by atoms with E-state index in [9.17, 15) is 13.2 Å². The largest absolute Gasteiger partial charge is 0.484 e. The molecule has 1 amide bonds. The molecule has 1 aromatic carbocycles. The monoisotopic (exact) mass is 389 g/mol. The van der Waals surface area contributed by atoms with Gasteiger partial charge in [0.15, 0.2) is 6.61 Å². The lowest BCUT2D eigenvalue weighted by Gasteiger charge is -2.13. The fourth-order valence-corrected chi connectivity index (χ4v) is 4.25. The van der Waals surface area contributed by atoms with Gasteiger partial charge >= 0.3 is 0 Å². The minimum Gasteiger partial charge on any atom is -0.484 e. The summed E-state index contributed by atoms with van der Waals surface area (Å²) in [6.45, 7) is 0.256. The number of carbonyl (C=O) groups excluding carboxylic acids is 1. The molecular weight excluding hydrogens is 366 g/mol.